The van der Waals surface area contributed by atoms with Gasteiger partial charge in [-0.25, -0.2) is 0 Å². The van der Waals surface area contributed by atoms with Gasteiger partial charge in [0, 0.05) is 27.7 Å². The topological polar surface area (TPSA) is 16.4 Å². The summed E-state index contributed by atoms with van der Waals surface area (Å²) in [6, 6.07) is 75.6. The van der Waals surface area contributed by atoms with Gasteiger partial charge in [0.15, 0.2) is 5.58 Å². The maximum atomic E-state index is 7.15. The van der Waals surface area contributed by atoms with E-state index in [0.29, 0.717) is 0 Å². The van der Waals surface area contributed by atoms with Crippen LogP contribution in [0.2, 0.25) is 0 Å². The fourth-order valence-electron chi connectivity index (χ4n) is 7.89. The molecule has 0 N–H and O–H groups in total. The molecular formula is C52H35NO. The van der Waals surface area contributed by atoms with Gasteiger partial charge in [-0.05, 0) is 86.1 Å². The molecule has 9 aromatic carbocycles. The zero-order valence-electron chi connectivity index (χ0n) is 29.6. The Labute approximate surface area is 314 Å². The number of nitrogens with zero attached hydrogens (tertiary/aromatic N) is 1. The molecule has 0 bridgehead atoms. The zero-order chi connectivity index (χ0) is 35.8. The van der Waals surface area contributed by atoms with Crippen LogP contribution in [0.5, 0.6) is 0 Å². The molecule has 0 unspecified atom stereocenters. The molecule has 0 spiro atoms. The van der Waals surface area contributed by atoms with Crippen molar-refractivity contribution in [2.75, 3.05) is 4.90 Å². The fraction of sp³-hybridized carbons (Fsp3) is 0. The predicted octanol–water partition coefficient (Wildman–Crippen LogP) is 14.9. The van der Waals surface area contributed by atoms with Crippen molar-refractivity contribution in [3.8, 4) is 44.5 Å². The Hall–Kier alpha value is -7.16. The van der Waals surface area contributed by atoms with Gasteiger partial charge < -0.3 is 9.32 Å². The maximum absolute atomic E-state index is 7.15. The molecular weight excluding hydrogens is 655 g/mol. The van der Waals surface area contributed by atoms with Crippen LogP contribution in [0.3, 0.4) is 0 Å². The highest BCUT2D eigenvalue weighted by atomic mass is 16.3. The Morgan fingerprint density at radius 1 is 0.296 bits per heavy atom. The summed E-state index contributed by atoms with van der Waals surface area (Å²) >= 11 is 0. The Balaban J connectivity index is 1.19. The summed E-state index contributed by atoms with van der Waals surface area (Å²) in [4.78, 5) is 2.33. The second-order valence-corrected chi connectivity index (χ2v) is 13.7. The molecule has 54 heavy (non-hydrogen) atoms. The molecule has 10 aromatic rings. The SMILES string of the molecule is c1ccc(-c2ccc(N(c3ccc(-c4cccc5ccccc45)cc3)c3cccc4c3oc3c(-c5ccccc5)ccc(-c5ccccc5)c34)cc2)cc1. The van der Waals surface area contributed by atoms with Crippen LogP contribution in [0.15, 0.2) is 217 Å². The van der Waals surface area contributed by atoms with E-state index in [1.807, 2.05) is 0 Å². The van der Waals surface area contributed by atoms with Gasteiger partial charge >= 0.3 is 0 Å². The van der Waals surface area contributed by atoms with Gasteiger partial charge in [0.25, 0.3) is 0 Å². The lowest BCUT2D eigenvalue weighted by atomic mass is 9.94. The molecule has 0 saturated heterocycles. The number of para-hydroxylation sites is 1. The van der Waals surface area contributed by atoms with Gasteiger partial charge in [0.2, 0.25) is 0 Å². The summed E-state index contributed by atoms with van der Waals surface area (Å²) in [5, 5.41) is 4.68. The summed E-state index contributed by atoms with van der Waals surface area (Å²) < 4.78 is 7.15. The van der Waals surface area contributed by atoms with E-state index in [-0.39, 0.29) is 0 Å². The average molecular weight is 690 g/mol. The summed E-state index contributed by atoms with van der Waals surface area (Å²) in [5.41, 5.74) is 14.1. The van der Waals surface area contributed by atoms with Crippen molar-refractivity contribution in [3.05, 3.63) is 212 Å². The summed E-state index contributed by atoms with van der Waals surface area (Å²) in [6.45, 7) is 0. The van der Waals surface area contributed by atoms with Crippen LogP contribution in [0, 0.1) is 0 Å². The summed E-state index contributed by atoms with van der Waals surface area (Å²) in [6.07, 6.45) is 0. The van der Waals surface area contributed by atoms with Crippen molar-refractivity contribution in [3.63, 3.8) is 0 Å². The van der Waals surface area contributed by atoms with Crippen molar-refractivity contribution in [2.45, 2.75) is 0 Å². The van der Waals surface area contributed by atoms with Crippen LogP contribution < -0.4 is 4.90 Å². The van der Waals surface area contributed by atoms with E-state index in [1.165, 1.54) is 33.0 Å². The molecule has 0 atom stereocenters. The molecule has 10 rings (SSSR count). The zero-order valence-corrected chi connectivity index (χ0v) is 29.6. The molecule has 1 aromatic heterocycles. The highest BCUT2D eigenvalue weighted by Gasteiger charge is 2.23. The predicted molar refractivity (Wildman–Crippen MR) is 228 cm³/mol. The van der Waals surface area contributed by atoms with E-state index in [0.717, 1.165) is 61.3 Å². The molecule has 0 fully saturated rings. The van der Waals surface area contributed by atoms with Gasteiger partial charge in [-0.1, -0.05) is 176 Å². The van der Waals surface area contributed by atoms with Gasteiger partial charge in [0.1, 0.15) is 5.58 Å². The minimum absolute atomic E-state index is 0.846. The highest BCUT2D eigenvalue weighted by molar-refractivity contribution is 6.19. The molecule has 0 aliphatic heterocycles. The Morgan fingerprint density at radius 2 is 0.778 bits per heavy atom. The van der Waals surface area contributed by atoms with Gasteiger partial charge in [-0.3, -0.25) is 0 Å². The number of furan rings is 1. The first-order valence-corrected chi connectivity index (χ1v) is 18.4. The summed E-state index contributed by atoms with van der Waals surface area (Å²) in [7, 11) is 0. The number of hydrogen-bond acceptors (Lipinski definition) is 2. The second kappa shape index (κ2) is 13.4. The van der Waals surface area contributed by atoms with Crippen LogP contribution in [0.4, 0.5) is 17.1 Å². The average Bonchev–Trinajstić information content (AvgIpc) is 3.65. The van der Waals surface area contributed by atoms with E-state index in [4.69, 9.17) is 4.42 Å². The molecule has 254 valence electrons. The van der Waals surface area contributed by atoms with E-state index in [1.54, 1.807) is 0 Å². The third-order valence-corrected chi connectivity index (χ3v) is 10.5. The minimum Gasteiger partial charge on any atom is -0.453 e. The van der Waals surface area contributed by atoms with Crippen molar-refractivity contribution in [2.24, 2.45) is 0 Å². The smallest absolute Gasteiger partial charge is 0.159 e. The molecule has 0 radical (unpaired) electrons. The van der Waals surface area contributed by atoms with Crippen LogP contribution in [0.25, 0.3) is 77.2 Å². The van der Waals surface area contributed by atoms with E-state index in [2.05, 4.69) is 217 Å². The van der Waals surface area contributed by atoms with Crippen molar-refractivity contribution >= 4 is 49.8 Å². The van der Waals surface area contributed by atoms with Crippen LogP contribution in [-0.4, -0.2) is 0 Å². The molecule has 0 aliphatic carbocycles. The van der Waals surface area contributed by atoms with Crippen molar-refractivity contribution in [1.29, 1.82) is 0 Å². The number of benzene rings is 9. The van der Waals surface area contributed by atoms with Crippen molar-refractivity contribution < 1.29 is 4.42 Å². The molecule has 0 amide bonds. The lowest BCUT2D eigenvalue weighted by molar-refractivity contribution is 0.670. The number of anilines is 3. The van der Waals surface area contributed by atoms with E-state index >= 15 is 0 Å². The monoisotopic (exact) mass is 689 g/mol. The van der Waals surface area contributed by atoms with Crippen LogP contribution in [0.1, 0.15) is 0 Å². The van der Waals surface area contributed by atoms with E-state index in [9.17, 15) is 0 Å². The van der Waals surface area contributed by atoms with Crippen molar-refractivity contribution in [1.82, 2.24) is 0 Å². The number of hydrogen-bond donors (Lipinski definition) is 0. The quantitative estimate of drug-likeness (QED) is 0.166. The largest absolute Gasteiger partial charge is 0.453 e. The Kier molecular flexibility index (Phi) is 7.85. The maximum Gasteiger partial charge on any atom is 0.159 e. The third kappa shape index (κ3) is 5.53. The third-order valence-electron chi connectivity index (χ3n) is 10.5. The second-order valence-electron chi connectivity index (χ2n) is 13.7. The Bertz CT molecular complexity index is 2890. The van der Waals surface area contributed by atoms with Crippen LogP contribution in [-0.2, 0) is 0 Å². The molecule has 1 heterocycles. The standard InChI is InChI=1S/C52H35NO/c1-4-14-36(15-5-1)37-26-30-42(31-27-37)53(43-32-28-41(29-33-43)45-23-12-21-38-20-10-11-22-44(38)45)49-25-13-24-48-50-46(39-16-6-2-7-17-39)34-35-47(52(50)54-51(48)49)40-18-8-3-9-19-40/h1-35H. The first kappa shape index (κ1) is 31.6. The molecule has 0 saturated carbocycles. The first-order valence-electron chi connectivity index (χ1n) is 18.4. The van der Waals surface area contributed by atoms with Crippen LogP contribution >= 0.6 is 0 Å². The Morgan fingerprint density at radius 3 is 1.46 bits per heavy atom. The lowest BCUT2D eigenvalue weighted by Crippen LogP contribution is -2.10. The van der Waals surface area contributed by atoms with E-state index < -0.39 is 0 Å². The summed E-state index contributed by atoms with van der Waals surface area (Å²) in [5.74, 6) is 0. The minimum atomic E-state index is 0.846. The molecule has 2 nitrogen and oxygen atoms in total. The molecule has 0 aliphatic rings. The molecule has 2 heteroatoms. The lowest BCUT2D eigenvalue weighted by Gasteiger charge is -2.26. The fourth-order valence-corrected chi connectivity index (χ4v) is 7.89. The van der Waals surface area contributed by atoms with Gasteiger partial charge in [-0.15, -0.1) is 0 Å². The van der Waals surface area contributed by atoms with Gasteiger partial charge in [-0.2, -0.15) is 0 Å². The highest BCUT2D eigenvalue weighted by Crippen LogP contribution is 2.47. The van der Waals surface area contributed by atoms with Gasteiger partial charge in [0.05, 0.1) is 5.69 Å². The number of fused-ring (bicyclic) bond motifs is 4. The first-order chi connectivity index (χ1) is 26.8. The normalized spacial score (nSPS) is 11.3. The number of rotatable bonds is 7.